The Balaban J connectivity index is 2.82. The monoisotopic (exact) mass is 207 g/mol. The van der Waals surface area contributed by atoms with Crippen LogP contribution in [-0.2, 0) is 0 Å². The maximum Gasteiger partial charge on any atom is 0.137 e. The van der Waals surface area contributed by atoms with Crippen molar-refractivity contribution in [3.05, 3.63) is 34.9 Å². The zero-order valence-corrected chi connectivity index (χ0v) is 8.58. The first kappa shape index (κ1) is 10.6. The molecule has 14 heavy (non-hydrogen) atoms. The van der Waals surface area contributed by atoms with Crippen molar-refractivity contribution in [1.29, 1.82) is 5.26 Å². The average Bonchev–Trinajstić information content (AvgIpc) is 2.18. The van der Waals surface area contributed by atoms with Gasteiger partial charge in [0.25, 0.3) is 0 Å². The normalized spacial score (nSPS) is 10.1. The molecule has 0 aliphatic rings. The molecule has 72 valence electrons. The first-order valence-electron chi connectivity index (χ1n) is 4.15. The number of hydrogen-bond acceptors (Lipinski definition) is 2. The van der Waals surface area contributed by atoms with Crippen LogP contribution < -0.4 is 4.74 Å². The summed E-state index contributed by atoms with van der Waals surface area (Å²) < 4.78 is 5.02. The predicted octanol–water partition coefficient (Wildman–Crippen LogP) is 3.28. The molecule has 0 aliphatic carbocycles. The molecule has 1 aromatic rings. The molecule has 1 rings (SSSR count). The highest BCUT2D eigenvalue weighted by atomic mass is 35.5. The fourth-order valence-electron chi connectivity index (χ4n) is 1.03. The van der Waals surface area contributed by atoms with Crippen molar-refractivity contribution in [2.24, 2.45) is 0 Å². The molecule has 2 nitrogen and oxygen atoms in total. The molecule has 0 spiro atoms. The number of hydrogen-bond donors (Lipinski definition) is 0. The molecule has 0 N–H and O–H groups in total. The standard InChI is InChI=1S/C11H10ClNO/c1-14-11-6-5-9(8-10(11)12)4-2-3-7-13/h2,4-6,8H,3H2,1H3/b4-2+. The smallest absolute Gasteiger partial charge is 0.137 e. The summed E-state index contributed by atoms with van der Waals surface area (Å²) in [6.45, 7) is 0. The minimum atomic E-state index is 0.406. The number of halogens is 1. The van der Waals surface area contributed by atoms with E-state index in [1.807, 2.05) is 18.2 Å². The largest absolute Gasteiger partial charge is 0.495 e. The van der Waals surface area contributed by atoms with Crippen molar-refractivity contribution in [2.75, 3.05) is 7.11 Å². The predicted molar refractivity (Wildman–Crippen MR) is 57.3 cm³/mol. The van der Waals surface area contributed by atoms with Gasteiger partial charge in [0.05, 0.1) is 24.6 Å². The molecule has 0 bridgehead atoms. The Labute approximate surface area is 88.4 Å². The summed E-state index contributed by atoms with van der Waals surface area (Å²) in [4.78, 5) is 0. The Hall–Kier alpha value is -1.46. The molecule has 1 aromatic carbocycles. The zero-order valence-electron chi connectivity index (χ0n) is 7.83. The maximum atomic E-state index is 8.33. The van der Waals surface area contributed by atoms with Crippen molar-refractivity contribution < 1.29 is 4.74 Å². The molecule has 0 aliphatic heterocycles. The molecule has 0 heterocycles. The van der Waals surface area contributed by atoms with Crippen LogP contribution in [0.3, 0.4) is 0 Å². The molecule has 0 fully saturated rings. The fraction of sp³-hybridized carbons (Fsp3) is 0.182. The number of allylic oxidation sites excluding steroid dienone is 1. The second kappa shape index (κ2) is 5.31. The molecule has 0 saturated carbocycles. The number of nitriles is 1. The summed E-state index contributed by atoms with van der Waals surface area (Å²) in [5.41, 5.74) is 0.964. The van der Waals surface area contributed by atoms with E-state index in [-0.39, 0.29) is 0 Å². The summed E-state index contributed by atoms with van der Waals surface area (Å²) in [5, 5.41) is 8.91. The molecule has 3 heteroatoms. The first-order valence-corrected chi connectivity index (χ1v) is 4.52. The Morgan fingerprint density at radius 2 is 2.36 bits per heavy atom. The van der Waals surface area contributed by atoms with E-state index < -0.39 is 0 Å². The lowest BCUT2D eigenvalue weighted by Gasteiger charge is -2.02. The Bertz CT molecular complexity index is 379. The summed E-state index contributed by atoms with van der Waals surface area (Å²) in [6, 6.07) is 7.52. The van der Waals surface area contributed by atoms with Gasteiger partial charge in [0.1, 0.15) is 5.75 Å². The van der Waals surface area contributed by atoms with Crippen LogP contribution in [0.2, 0.25) is 5.02 Å². The lowest BCUT2D eigenvalue weighted by atomic mass is 10.2. The van der Waals surface area contributed by atoms with Crippen LogP contribution in [-0.4, -0.2) is 7.11 Å². The highest BCUT2D eigenvalue weighted by Gasteiger charge is 1.98. The Morgan fingerprint density at radius 3 is 2.93 bits per heavy atom. The highest BCUT2D eigenvalue weighted by molar-refractivity contribution is 6.32. The van der Waals surface area contributed by atoms with Crippen LogP contribution >= 0.6 is 11.6 Å². The summed E-state index contributed by atoms with van der Waals surface area (Å²) in [6.07, 6.45) is 4.05. The summed E-state index contributed by atoms with van der Waals surface area (Å²) in [7, 11) is 1.58. The quantitative estimate of drug-likeness (QED) is 0.762. The van der Waals surface area contributed by atoms with Gasteiger partial charge in [0.2, 0.25) is 0 Å². The number of rotatable bonds is 3. The van der Waals surface area contributed by atoms with Gasteiger partial charge in [-0.2, -0.15) is 5.26 Å². The fourth-order valence-corrected chi connectivity index (χ4v) is 1.30. The van der Waals surface area contributed by atoms with Gasteiger partial charge in [-0.05, 0) is 17.7 Å². The molecule has 0 amide bonds. The first-order chi connectivity index (χ1) is 6.77. The van der Waals surface area contributed by atoms with Crippen LogP contribution in [0.1, 0.15) is 12.0 Å². The topological polar surface area (TPSA) is 33.0 Å². The van der Waals surface area contributed by atoms with Crippen molar-refractivity contribution in [1.82, 2.24) is 0 Å². The molecule has 0 atom stereocenters. The van der Waals surface area contributed by atoms with Crippen LogP contribution in [0.15, 0.2) is 24.3 Å². The number of ether oxygens (including phenoxy) is 1. The second-order valence-corrected chi connectivity index (χ2v) is 3.07. The third-order valence-corrected chi connectivity index (χ3v) is 1.99. The van der Waals surface area contributed by atoms with Crippen molar-refractivity contribution in [3.63, 3.8) is 0 Å². The maximum absolute atomic E-state index is 8.33. The number of benzene rings is 1. The van der Waals surface area contributed by atoms with Crippen LogP contribution in [0.5, 0.6) is 5.75 Å². The van der Waals surface area contributed by atoms with Gasteiger partial charge < -0.3 is 4.74 Å². The third kappa shape index (κ3) is 2.79. The zero-order chi connectivity index (χ0) is 10.4. The minimum absolute atomic E-state index is 0.406. The number of nitrogens with zero attached hydrogens (tertiary/aromatic N) is 1. The van der Waals surface area contributed by atoms with E-state index in [2.05, 4.69) is 0 Å². The molecule has 0 aromatic heterocycles. The van der Waals surface area contributed by atoms with Gasteiger partial charge in [-0.15, -0.1) is 0 Å². The van der Waals surface area contributed by atoms with Gasteiger partial charge in [-0.1, -0.05) is 29.8 Å². The second-order valence-electron chi connectivity index (χ2n) is 2.66. The van der Waals surface area contributed by atoms with E-state index in [1.54, 1.807) is 25.3 Å². The van der Waals surface area contributed by atoms with E-state index in [1.165, 1.54) is 0 Å². The highest BCUT2D eigenvalue weighted by Crippen LogP contribution is 2.25. The molecular formula is C11H10ClNO. The molecule has 0 radical (unpaired) electrons. The summed E-state index contributed by atoms with van der Waals surface area (Å²) >= 11 is 5.92. The molecule has 0 unspecified atom stereocenters. The van der Waals surface area contributed by atoms with E-state index in [9.17, 15) is 0 Å². The van der Waals surface area contributed by atoms with E-state index >= 15 is 0 Å². The summed E-state index contributed by atoms with van der Waals surface area (Å²) in [5.74, 6) is 0.657. The van der Waals surface area contributed by atoms with Gasteiger partial charge in [-0.25, -0.2) is 0 Å². The van der Waals surface area contributed by atoms with Gasteiger partial charge in [0.15, 0.2) is 0 Å². The van der Waals surface area contributed by atoms with Gasteiger partial charge in [-0.3, -0.25) is 0 Å². The van der Waals surface area contributed by atoms with Crippen LogP contribution in [0.25, 0.3) is 6.08 Å². The SMILES string of the molecule is COc1ccc(/C=C/CC#N)cc1Cl. The van der Waals surface area contributed by atoms with Crippen molar-refractivity contribution >= 4 is 17.7 Å². The molecule has 0 saturated heterocycles. The Morgan fingerprint density at radius 1 is 1.57 bits per heavy atom. The van der Waals surface area contributed by atoms with Gasteiger partial charge in [0, 0.05) is 0 Å². The lowest BCUT2D eigenvalue weighted by Crippen LogP contribution is -1.83. The van der Waals surface area contributed by atoms with E-state index in [0.29, 0.717) is 17.2 Å². The van der Waals surface area contributed by atoms with Crippen LogP contribution in [0.4, 0.5) is 0 Å². The molecular weight excluding hydrogens is 198 g/mol. The van der Waals surface area contributed by atoms with Gasteiger partial charge >= 0.3 is 0 Å². The van der Waals surface area contributed by atoms with E-state index in [0.717, 1.165) is 5.56 Å². The third-order valence-electron chi connectivity index (χ3n) is 1.70. The average molecular weight is 208 g/mol. The minimum Gasteiger partial charge on any atom is -0.495 e. The van der Waals surface area contributed by atoms with E-state index in [4.69, 9.17) is 21.6 Å². The number of methoxy groups -OCH3 is 1. The lowest BCUT2D eigenvalue weighted by molar-refractivity contribution is 0.415. The Kier molecular flexibility index (Phi) is 4.03. The van der Waals surface area contributed by atoms with Crippen molar-refractivity contribution in [3.8, 4) is 11.8 Å². The van der Waals surface area contributed by atoms with Crippen molar-refractivity contribution in [2.45, 2.75) is 6.42 Å². The van der Waals surface area contributed by atoms with Crippen LogP contribution in [0, 0.1) is 11.3 Å².